The van der Waals surface area contributed by atoms with E-state index in [1.54, 1.807) is 12.1 Å². The zero-order valence-corrected chi connectivity index (χ0v) is 19.6. The first-order valence-corrected chi connectivity index (χ1v) is 11.3. The van der Waals surface area contributed by atoms with Crippen LogP contribution in [0, 0.1) is 5.92 Å². The van der Waals surface area contributed by atoms with Crippen molar-refractivity contribution in [2.75, 3.05) is 13.9 Å². The summed E-state index contributed by atoms with van der Waals surface area (Å²) in [6.45, 7) is 3.88. The van der Waals surface area contributed by atoms with Gasteiger partial charge in [0.1, 0.15) is 6.79 Å². The highest BCUT2D eigenvalue weighted by Gasteiger charge is 2.60. The number of hydrogen-bond acceptors (Lipinski definition) is 5. The molecular formula is C28H29NO5. The van der Waals surface area contributed by atoms with Gasteiger partial charge in [-0.15, -0.1) is 0 Å². The molecule has 3 aromatic rings. The van der Waals surface area contributed by atoms with Crippen molar-refractivity contribution in [1.29, 1.82) is 0 Å². The summed E-state index contributed by atoms with van der Waals surface area (Å²) in [5, 5.41) is 0. The maximum absolute atomic E-state index is 14.0. The van der Waals surface area contributed by atoms with Crippen LogP contribution in [0.4, 0.5) is 4.79 Å². The number of rotatable bonds is 8. The van der Waals surface area contributed by atoms with E-state index in [4.69, 9.17) is 14.2 Å². The topological polar surface area (TPSA) is 65.1 Å². The second-order valence-corrected chi connectivity index (χ2v) is 8.60. The monoisotopic (exact) mass is 459 g/mol. The van der Waals surface area contributed by atoms with Crippen molar-refractivity contribution >= 4 is 12.0 Å². The number of carbonyl (C=O) groups is 2. The Kier molecular flexibility index (Phi) is 7.10. The first-order valence-electron chi connectivity index (χ1n) is 11.3. The number of benzene rings is 3. The molecule has 1 saturated heterocycles. The van der Waals surface area contributed by atoms with Crippen molar-refractivity contribution in [3.63, 3.8) is 0 Å². The molecule has 176 valence electrons. The third-order valence-electron chi connectivity index (χ3n) is 6.09. The lowest BCUT2D eigenvalue weighted by Crippen LogP contribution is -2.51. The molecule has 0 saturated carbocycles. The number of amides is 2. The highest BCUT2D eigenvalue weighted by molar-refractivity contribution is 5.97. The van der Waals surface area contributed by atoms with Crippen LogP contribution < -0.4 is 0 Å². The highest BCUT2D eigenvalue weighted by atomic mass is 16.7. The van der Waals surface area contributed by atoms with Crippen LogP contribution in [-0.4, -0.2) is 36.8 Å². The minimum atomic E-state index is -1.16. The summed E-state index contributed by atoms with van der Waals surface area (Å²) in [5.41, 5.74) is 1.08. The van der Waals surface area contributed by atoms with E-state index in [2.05, 4.69) is 0 Å². The second kappa shape index (κ2) is 10.2. The van der Waals surface area contributed by atoms with E-state index < -0.39 is 29.7 Å². The van der Waals surface area contributed by atoms with Gasteiger partial charge in [-0.25, -0.2) is 9.69 Å². The lowest BCUT2D eigenvalue weighted by molar-refractivity contribution is -0.152. The molecule has 1 fully saturated rings. The Balaban J connectivity index is 1.85. The van der Waals surface area contributed by atoms with Crippen LogP contribution >= 0.6 is 0 Å². The standard InChI is InChI=1S/C28H29NO5/c1-20(2)25-28(22-15-9-5-10-16-22,23-17-11-6-12-18-23)34-27(31)29(25)26(30)24(33-19-32-3)21-13-7-4-8-14-21/h4-18,20,24-25H,19H2,1-3H3/t24-,25-/m0/s1. The van der Waals surface area contributed by atoms with Gasteiger partial charge in [-0.1, -0.05) is 105 Å². The average molecular weight is 460 g/mol. The number of cyclic esters (lactones) is 1. The minimum absolute atomic E-state index is 0.0942. The SMILES string of the molecule is COCO[C@H](C(=O)N1C(=O)OC(c2ccccc2)(c2ccccc2)[C@@H]1C(C)C)c1ccccc1. The smallest absolute Gasteiger partial charge is 0.418 e. The Bertz CT molecular complexity index is 1060. The van der Waals surface area contributed by atoms with E-state index >= 15 is 0 Å². The van der Waals surface area contributed by atoms with Crippen LogP contribution in [0.3, 0.4) is 0 Å². The Morgan fingerprint density at radius 3 is 1.88 bits per heavy atom. The quantitative estimate of drug-likeness (QED) is 0.428. The molecule has 0 radical (unpaired) electrons. The number of methoxy groups -OCH3 is 1. The molecule has 34 heavy (non-hydrogen) atoms. The molecule has 0 unspecified atom stereocenters. The largest absolute Gasteiger partial charge is 0.430 e. The van der Waals surface area contributed by atoms with E-state index in [0.29, 0.717) is 5.56 Å². The maximum Gasteiger partial charge on any atom is 0.418 e. The molecule has 6 nitrogen and oxygen atoms in total. The Hall–Kier alpha value is -3.48. The zero-order valence-electron chi connectivity index (χ0n) is 19.6. The fraction of sp³-hybridized carbons (Fsp3) is 0.286. The fourth-order valence-corrected chi connectivity index (χ4v) is 4.74. The molecule has 0 N–H and O–H groups in total. The van der Waals surface area contributed by atoms with Gasteiger partial charge in [-0.05, 0) is 11.5 Å². The predicted octanol–water partition coefficient (Wildman–Crippen LogP) is 5.30. The van der Waals surface area contributed by atoms with Crippen molar-refractivity contribution in [2.24, 2.45) is 5.92 Å². The van der Waals surface area contributed by atoms with Crippen LogP contribution in [0.2, 0.25) is 0 Å². The van der Waals surface area contributed by atoms with Crippen LogP contribution in [0.25, 0.3) is 0 Å². The number of hydrogen-bond donors (Lipinski definition) is 0. The summed E-state index contributed by atoms with van der Waals surface area (Å²) in [5.74, 6) is -0.602. The van der Waals surface area contributed by atoms with E-state index in [9.17, 15) is 9.59 Å². The van der Waals surface area contributed by atoms with Crippen LogP contribution in [0.5, 0.6) is 0 Å². The van der Waals surface area contributed by atoms with E-state index in [0.717, 1.165) is 11.1 Å². The third-order valence-corrected chi connectivity index (χ3v) is 6.09. The number of imide groups is 1. The summed E-state index contributed by atoms with van der Waals surface area (Å²) in [4.78, 5) is 28.7. The fourth-order valence-electron chi connectivity index (χ4n) is 4.74. The van der Waals surface area contributed by atoms with Gasteiger partial charge in [-0.3, -0.25) is 4.79 Å². The van der Waals surface area contributed by atoms with Gasteiger partial charge in [0, 0.05) is 18.2 Å². The molecule has 0 aromatic heterocycles. The van der Waals surface area contributed by atoms with E-state index in [1.165, 1.54) is 12.0 Å². The zero-order chi connectivity index (χ0) is 24.1. The number of nitrogens with zero attached hydrogens (tertiary/aromatic N) is 1. The summed E-state index contributed by atoms with van der Waals surface area (Å²) in [6, 6.07) is 27.7. The average Bonchev–Trinajstić information content (AvgIpc) is 3.20. The maximum atomic E-state index is 14.0. The lowest BCUT2D eigenvalue weighted by atomic mass is 9.75. The molecule has 2 amide bonds. The van der Waals surface area contributed by atoms with Gasteiger partial charge in [0.15, 0.2) is 11.7 Å². The molecular weight excluding hydrogens is 430 g/mol. The molecule has 1 aliphatic rings. The number of carbonyl (C=O) groups excluding carboxylic acids is 2. The molecule has 1 aliphatic heterocycles. The van der Waals surface area contributed by atoms with Gasteiger partial charge in [0.25, 0.3) is 5.91 Å². The second-order valence-electron chi connectivity index (χ2n) is 8.60. The molecule has 4 rings (SSSR count). The molecule has 0 spiro atoms. The van der Waals surface area contributed by atoms with Gasteiger partial charge in [0.05, 0.1) is 6.04 Å². The number of ether oxygens (including phenoxy) is 3. The lowest BCUT2D eigenvalue weighted by Gasteiger charge is -2.38. The van der Waals surface area contributed by atoms with Gasteiger partial charge in [-0.2, -0.15) is 0 Å². The van der Waals surface area contributed by atoms with Crippen molar-refractivity contribution in [1.82, 2.24) is 4.90 Å². The van der Waals surface area contributed by atoms with Crippen molar-refractivity contribution in [3.8, 4) is 0 Å². The highest BCUT2D eigenvalue weighted by Crippen LogP contribution is 2.48. The van der Waals surface area contributed by atoms with Crippen molar-refractivity contribution in [3.05, 3.63) is 108 Å². The van der Waals surface area contributed by atoms with Crippen molar-refractivity contribution in [2.45, 2.75) is 31.6 Å². The first-order chi connectivity index (χ1) is 16.5. The minimum Gasteiger partial charge on any atom is -0.430 e. The Labute approximate surface area is 200 Å². The normalized spacial score (nSPS) is 18.1. The summed E-state index contributed by atoms with van der Waals surface area (Å²) >= 11 is 0. The molecule has 1 heterocycles. The molecule has 3 aromatic carbocycles. The van der Waals surface area contributed by atoms with E-state index in [1.807, 2.05) is 92.7 Å². The van der Waals surface area contributed by atoms with Crippen LogP contribution in [-0.2, 0) is 24.6 Å². The van der Waals surface area contributed by atoms with Gasteiger partial charge >= 0.3 is 6.09 Å². The predicted molar refractivity (Wildman–Crippen MR) is 128 cm³/mol. The molecule has 0 bridgehead atoms. The van der Waals surface area contributed by atoms with Crippen molar-refractivity contribution < 1.29 is 23.8 Å². The van der Waals surface area contributed by atoms with Gasteiger partial charge in [0.2, 0.25) is 0 Å². The van der Waals surface area contributed by atoms with Gasteiger partial charge < -0.3 is 14.2 Å². The first kappa shape index (κ1) is 23.7. The summed E-state index contributed by atoms with van der Waals surface area (Å²) < 4.78 is 17.1. The Morgan fingerprint density at radius 2 is 1.41 bits per heavy atom. The summed E-state index contributed by atoms with van der Waals surface area (Å²) in [7, 11) is 1.49. The molecule has 0 aliphatic carbocycles. The van der Waals surface area contributed by atoms with Crippen LogP contribution in [0.15, 0.2) is 91.0 Å². The Morgan fingerprint density at radius 1 is 0.912 bits per heavy atom. The third kappa shape index (κ3) is 4.22. The molecule has 6 heteroatoms. The van der Waals surface area contributed by atoms with E-state index in [-0.39, 0.29) is 12.7 Å². The molecule has 2 atom stereocenters. The van der Waals surface area contributed by atoms with Crippen LogP contribution in [0.1, 0.15) is 36.6 Å². The summed E-state index contributed by atoms with van der Waals surface area (Å²) in [6.07, 6.45) is -1.71.